The molecule has 160 valence electrons. The Balaban J connectivity index is 1.38. The summed E-state index contributed by atoms with van der Waals surface area (Å²) < 4.78 is 21.7. The molecule has 2 fully saturated rings. The van der Waals surface area contributed by atoms with Crippen LogP contribution in [0, 0.1) is 5.82 Å². The highest BCUT2D eigenvalue weighted by Crippen LogP contribution is 2.33. The Labute approximate surface area is 174 Å². The highest BCUT2D eigenvalue weighted by atomic mass is 19.1. The van der Waals surface area contributed by atoms with Crippen molar-refractivity contribution in [3.8, 4) is 5.95 Å². The van der Waals surface area contributed by atoms with E-state index in [2.05, 4.69) is 20.1 Å². The molecule has 3 heterocycles. The van der Waals surface area contributed by atoms with E-state index in [0.29, 0.717) is 11.4 Å². The topological polar surface area (TPSA) is 80.2 Å². The van der Waals surface area contributed by atoms with E-state index in [1.165, 1.54) is 10.7 Å². The Morgan fingerprint density at radius 1 is 1.17 bits per heavy atom. The maximum atomic E-state index is 14.6. The fourth-order valence-electron chi connectivity index (χ4n) is 5.02. The van der Waals surface area contributed by atoms with Crippen molar-refractivity contribution in [2.45, 2.75) is 69.9 Å². The van der Waals surface area contributed by atoms with Gasteiger partial charge in [0, 0.05) is 17.3 Å². The van der Waals surface area contributed by atoms with Gasteiger partial charge in [0.2, 0.25) is 5.89 Å². The van der Waals surface area contributed by atoms with E-state index in [0.717, 1.165) is 56.3 Å². The van der Waals surface area contributed by atoms with Crippen LogP contribution in [0.4, 0.5) is 4.39 Å². The number of hydrogen-bond acceptors (Lipinski definition) is 6. The molecule has 2 aromatic heterocycles. The molecule has 1 aliphatic carbocycles. The predicted molar refractivity (Wildman–Crippen MR) is 110 cm³/mol. The van der Waals surface area contributed by atoms with Crippen molar-refractivity contribution in [1.29, 1.82) is 0 Å². The number of aromatic nitrogens is 4. The van der Waals surface area contributed by atoms with Crippen molar-refractivity contribution in [1.82, 2.24) is 24.8 Å². The van der Waals surface area contributed by atoms with Gasteiger partial charge in [-0.3, -0.25) is 4.90 Å². The molecule has 1 aliphatic heterocycles. The molecule has 0 bridgehead atoms. The maximum absolute atomic E-state index is 14.6. The van der Waals surface area contributed by atoms with Gasteiger partial charge in [0.25, 0.3) is 5.95 Å². The van der Waals surface area contributed by atoms with Gasteiger partial charge in [-0.15, -0.1) is 0 Å². The molecule has 1 N–H and O–H groups in total. The zero-order chi connectivity index (χ0) is 20.8. The second-order valence-electron chi connectivity index (χ2n) is 8.90. The summed E-state index contributed by atoms with van der Waals surface area (Å²) in [5.41, 5.74) is 1.21. The van der Waals surface area contributed by atoms with Crippen LogP contribution in [0.15, 0.2) is 22.7 Å². The van der Waals surface area contributed by atoms with Crippen molar-refractivity contribution in [3.05, 3.63) is 35.6 Å². The van der Waals surface area contributed by atoms with E-state index in [1.807, 2.05) is 19.9 Å². The third-order valence-corrected chi connectivity index (χ3v) is 6.64. The first-order valence-corrected chi connectivity index (χ1v) is 11.0. The van der Waals surface area contributed by atoms with E-state index in [-0.39, 0.29) is 35.7 Å². The average molecular weight is 413 g/mol. The Morgan fingerprint density at radius 3 is 2.67 bits per heavy atom. The largest absolute Gasteiger partial charge is 0.391 e. The molecule has 0 spiro atoms. The Kier molecular flexibility index (Phi) is 5.06. The number of aliphatic hydroxyl groups excluding tert-OH is 1. The van der Waals surface area contributed by atoms with Gasteiger partial charge in [-0.2, -0.15) is 14.8 Å². The number of fused-ring (bicyclic) bond motifs is 1. The van der Waals surface area contributed by atoms with Crippen molar-refractivity contribution in [2.75, 3.05) is 13.1 Å². The second-order valence-corrected chi connectivity index (χ2v) is 8.90. The SMILES string of the molecule is CC(C)c1nn(-c2noc(C3CCN([C@@H]4CCC[C@H]4O)CC3)n2)c2c(F)cccc12. The third kappa shape index (κ3) is 3.32. The van der Waals surface area contributed by atoms with Crippen LogP contribution in [0.1, 0.15) is 69.4 Å². The highest BCUT2D eigenvalue weighted by molar-refractivity contribution is 5.84. The smallest absolute Gasteiger partial charge is 0.291 e. The van der Waals surface area contributed by atoms with Crippen LogP contribution in [0.25, 0.3) is 16.9 Å². The first-order valence-electron chi connectivity index (χ1n) is 11.0. The first kappa shape index (κ1) is 19.6. The van der Waals surface area contributed by atoms with Crippen LogP contribution < -0.4 is 0 Å². The fourth-order valence-corrected chi connectivity index (χ4v) is 5.02. The molecule has 0 amide bonds. The zero-order valence-electron chi connectivity index (χ0n) is 17.5. The van der Waals surface area contributed by atoms with Crippen molar-refractivity contribution in [2.24, 2.45) is 0 Å². The normalized spacial score (nSPS) is 23.8. The van der Waals surface area contributed by atoms with Crippen LogP contribution in [-0.4, -0.2) is 55.2 Å². The minimum absolute atomic E-state index is 0.150. The van der Waals surface area contributed by atoms with Crippen molar-refractivity contribution in [3.63, 3.8) is 0 Å². The Morgan fingerprint density at radius 2 is 1.97 bits per heavy atom. The molecule has 8 heteroatoms. The minimum atomic E-state index is -0.346. The summed E-state index contributed by atoms with van der Waals surface area (Å²) in [5, 5.41) is 19.7. The van der Waals surface area contributed by atoms with Crippen LogP contribution in [0.5, 0.6) is 0 Å². The predicted octanol–water partition coefficient (Wildman–Crippen LogP) is 3.76. The number of hydrogen-bond donors (Lipinski definition) is 1. The zero-order valence-corrected chi connectivity index (χ0v) is 17.5. The van der Waals surface area contributed by atoms with Gasteiger partial charge in [0.15, 0.2) is 0 Å². The van der Waals surface area contributed by atoms with Gasteiger partial charge >= 0.3 is 0 Å². The highest BCUT2D eigenvalue weighted by Gasteiger charge is 2.34. The standard InChI is InChI=1S/C22H28FN5O2/c1-13(2)19-15-5-3-6-16(23)20(15)28(25-19)22-24-21(30-26-22)14-9-11-27(12-10-14)17-7-4-8-18(17)29/h3,5-6,13-14,17-18,29H,4,7-12H2,1-2H3/t17-,18-/m1/s1. The lowest BCUT2D eigenvalue weighted by atomic mass is 9.95. The molecular formula is C22H28FN5O2. The lowest BCUT2D eigenvalue weighted by Crippen LogP contribution is -2.44. The summed E-state index contributed by atoms with van der Waals surface area (Å²) in [7, 11) is 0. The molecule has 1 saturated heterocycles. The lowest BCUT2D eigenvalue weighted by Gasteiger charge is -2.36. The van der Waals surface area contributed by atoms with Crippen LogP contribution in [0.2, 0.25) is 0 Å². The third-order valence-electron chi connectivity index (χ3n) is 6.64. The van der Waals surface area contributed by atoms with Gasteiger partial charge in [-0.1, -0.05) is 26.0 Å². The molecule has 1 saturated carbocycles. The number of likely N-dealkylation sites (tertiary alicyclic amines) is 1. The molecule has 0 unspecified atom stereocenters. The summed E-state index contributed by atoms with van der Waals surface area (Å²) in [4.78, 5) is 6.99. The van der Waals surface area contributed by atoms with Crippen molar-refractivity contribution >= 4 is 10.9 Å². The van der Waals surface area contributed by atoms with Crippen molar-refractivity contribution < 1.29 is 14.0 Å². The summed E-state index contributed by atoms with van der Waals surface area (Å²) >= 11 is 0. The van der Waals surface area contributed by atoms with E-state index in [1.54, 1.807) is 6.07 Å². The molecular weight excluding hydrogens is 385 g/mol. The lowest BCUT2D eigenvalue weighted by molar-refractivity contribution is 0.0528. The van der Waals surface area contributed by atoms with Gasteiger partial charge < -0.3 is 9.63 Å². The molecule has 7 nitrogen and oxygen atoms in total. The first-order chi connectivity index (χ1) is 14.5. The molecule has 30 heavy (non-hydrogen) atoms. The number of piperidine rings is 1. The molecule has 3 aromatic rings. The number of para-hydroxylation sites is 1. The maximum Gasteiger partial charge on any atom is 0.291 e. The van der Waals surface area contributed by atoms with Crippen LogP contribution in [0.3, 0.4) is 0 Å². The number of benzene rings is 1. The van der Waals surface area contributed by atoms with Crippen LogP contribution in [-0.2, 0) is 0 Å². The quantitative estimate of drug-likeness (QED) is 0.701. The average Bonchev–Trinajstić information content (AvgIpc) is 3.46. The number of rotatable bonds is 4. The summed E-state index contributed by atoms with van der Waals surface area (Å²) in [6, 6.07) is 5.30. The summed E-state index contributed by atoms with van der Waals surface area (Å²) in [6.07, 6.45) is 4.71. The summed E-state index contributed by atoms with van der Waals surface area (Å²) in [5.74, 6) is 0.847. The molecule has 2 aliphatic rings. The number of halogens is 1. The molecule has 0 radical (unpaired) electrons. The van der Waals surface area contributed by atoms with Gasteiger partial charge in [0.05, 0.1) is 11.8 Å². The van der Waals surface area contributed by atoms with Crippen LogP contribution >= 0.6 is 0 Å². The molecule has 5 rings (SSSR count). The Hall–Kier alpha value is -2.32. The summed E-state index contributed by atoms with van der Waals surface area (Å²) in [6.45, 7) is 5.91. The van der Waals surface area contributed by atoms with Gasteiger partial charge in [0.1, 0.15) is 11.3 Å². The van der Waals surface area contributed by atoms with Gasteiger partial charge in [-0.25, -0.2) is 4.39 Å². The van der Waals surface area contributed by atoms with E-state index in [9.17, 15) is 9.50 Å². The molecule has 2 atom stereocenters. The molecule has 1 aromatic carbocycles. The number of aliphatic hydroxyl groups is 1. The van der Waals surface area contributed by atoms with E-state index in [4.69, 9.17) is 4.52 Å². The second kappa shape index (κ2) is 7.74. The van der Waals surface area contributed by atoms with E-state index < -0.39 is 0 Å². The van der Waals surface area contributed by atoms with Gasteiger partial charge in [-0.05, 0) is 62.3 Å². The monoisotopic (exact) mass is 413 g/mol. The Bertz CT molecular complexity index is 1040. The van der Waals surface area contributed by atoms with E-state index >= 15 is 0 Å². The minimum Gasteiger partial charge on any atom is -0.391 e. The fraction of sp³-hybridized carbons (Fsp3) is 0.591. The number of nitrogens with zero attached hydrogens (tertiary/aromatic N) is 5.